The lowest BCUT2D eigenvalue weighted by Gasteiger charge is -2.35. The zero-order valence-corrected chi connectivity index (χ0v) is 26.2. The number of alkyl carbamates (subject to hydrolysis) is 1. The van der Waals surface area contributed by atoms with Crippen molar-refractivity contribution in [2.45, 2.75) is 103 Å². The monoisotopic (exact) mass is 612 g/mol. The summed E-state index contributed by atoms with van der Waals surface area (Å²) in [6, 6.07) is 2.52. The molecule has 12 nitrogen and oxygen atoms in total. The molecule has 1 aromatic carbocycles. The molecule has 2 amide bonds. The van der Waals surface area contributed by atoms with E-state index < -0.39 is 41.6 Å². The number of hydrogen-bond donors (Lipinski definition) is 2. The highest BCUT2D eigenvalue weighted by Gasteiger charge is 2.47. The van der Waals surface area contributed by atoms with Crippen molar-refractivity contribution < 1.29 is 33.7 Å². The van der Waals surface area contributed by atoms with Gasteiger partial charge in [0.2, 0.25) is 5.91 Å². The molecular formula is C32H44N4O8. The Hall–Kier alpha value is -3.83. The number of phenols is 1. The minimum Gasteiger partial charge on any atom is -0.508 e. The largest absolute Gasteiger partial charge is 0.508 e. The molecule has 2 fully saturated rings. The lowest BCUT2D eigenvalue weighted by atomic mass is 9.85. The zero-order chi connectivity index (χ0) is 31.8. The van der Waals surface area contributed by atoms with Crippen molar-refractivity contribution in [3.63, 3.8) is 0 Å². The Morgan fingerprint density at radius 1 is 1.09 bits per heavy atom. The van der Waals surface area contributed by atoms with Gasteiger partial charge in [0.05, 0.1) is 24.6 Å². The number of carbonyl (C=O) groups is 3. The third kappa shape index (κ3) is 6.63. The molecule has 0 unspecified atom stereocenters. The highest BCUT2D eigenvalue weighted by atomic mass is 16.6. The predicted octanol–water partition coefficient (Wildman–Crippen LogP) is 3.75. The van der Waals surface area contributed by atoms with Crippen LogP contribution in [0.5, 0.6) is 11.8 Å². The number of nitrogens with zero attached hydrogens (tertiary/aromatic N) is 3. The number of ether oxygens (including phenoxy) is 3. The smallest absolute Gasteiger partial charge is 0.408 e. The Labute approximate surface area is 257 Å². The summed E-state index contributed by atoms with van der Waals surface area (Å²) in [5.41, 5.74) is -0.708. The number of phenolic OH excluding ortho intramolecular Hbond substituents is 1. The van der Waals surface area contributed by atoms with Crippen molar-refractivity contribution in [1.82, 2.24) is 19.8 Å². The molecule has 1 aliphatic carbocycles. The summed E-state index contributed by atoms with van der Waals surface area (Å²) < 4.78 is 18.8. The molecule has 2 aliphatic heterocycles. The van der Waals surface area contributed by atoms with Crippen LogP contribution in [0.15, 0.2) is 23.0 Å². The van der Waals surface area contributed by atoms with Gasteiger partial charge in [-0.05, 0) is 55.1 Å². The molecule has 44 heavy (non-hydrogen) atoms. The molecule has 3 aliphatic rings. The van der Waals surface area contributed by atoms with Crippen LogP contribution in [-0.4, -0.2) is 75.5 Å². The summed E-state index contributed by atoms with van der Waals surface area (Å²) in [4.78, 5) is 59.8. The Balaban J connectivity index is 1.53. The fraction of sp³-hybridized carbons (Fsp3) is 0.656. The molecule has 1 saturated heterocycles. The molecule has 2 bridgehead atoms. The van der Waals surface area contributed by atoms with Gasteiger partial charge in [-0.25, -0.2) is 9.59 Å². The highest BCUT2D eigenvalue weighted by molar-refractivity contribution is 5.91. The fourth-order valence-corrected chi connectivity index (χ4v) is 6.87. The maximum Gasteiger partial charge on any atom is 0.408 e. The van der Waals surface area contributed by atoms with Crippen LogP contribution in [0.4, 0.5) is 4.79 Å². The number of aromatic nitrogens is 2. The summed E-state index contributed by atoms with van der Waals surface area (Å²) >= 11 is 0. The molecule has 1 saturated carbocycles. The Kier molecular flexibility index (Phi) is 9.08. The molecule has 0 spiro atoms. The maximum absolute atomic E-state index is 14.1. The lowest BCUT2D eigenvalue weighted by Crippen LogP contribution is -2.57. The quantitative estimate of drug-likeness (QED) is 0.459. The van der Waals surface area contributed by atoms with Crippen molar-refractivity contribution in [2.24, 2.45) is 17.3 Å². The van der Waals surface area contributed by atoms with Crippen molar-refractivity contribution in [1.29, 1.82) is 0 Å². The highest BCUT2D eigenvalue weighted by Crippen LogP contribution is 2.37. The first kappa shape index (κ1) is 31.6. The van der Waals surface area contributed by atoms with Crippen molar-refractivity contribution in [3.8, 4) is 11.8 Å². The number of aromatic hydroxyl groups is 1. The van der Waals surface area contributed by atoms with Crippen LogP contribution in [-0.2, 0) is 25.6 Å². The van der Waals surface area contributed by atoms with E-state index in [0.717, 1.165) is 32.1 Å². The van der Waals surface area contributed by atoms with E-state index >= 15 is 0 Å². The second kappa shape index (κ2) is 12.6. The van der Waals surface area contributed by atoms with Gasteiger partial charge in [-0.3, -0.25) is 14.2 Å². The molecule has 1 aromatic heterocycles. The van der Waals surface area contributed by atoms with Crippen LogP contribution in [0.3, 0.4) is 0 Å². The molecule has 5 rings (SSSR count). The van der Waals surface area contributed by atoms with Crippen LogP contribution < -0.4 is 15.6 Å². The van der Waals surface area contributed by atoms with E-state index in [9.17, 15) is 24.3 Å². The van der Waals surface area contributed by atoms with Gasteiger partial charge in [-0.2, -0.15) is 4.98 Å². The maximum atomic E-state index is 14.1. The van der Waals surface area contributed by atoms with E-state index in [4.69, 9.17) is 14.2 Å². The number of benzene rings is 1. The normalized spacial score (nSPS) is 28.6. The van der Waals surface area contributed by atoms with Crippen LogP contribution >= 0.6 is 0 Å². The summed E-state index contributed by atoms with van der Waals surface area (Å²) in [6.45, 7) is 8.05. The molecule has 240 valence electrons. The van der Waals surface area contributed by atoms with E-state index in [2.05, 4.69) is 17.2 Å². The summed E-state index contributed by atoms with van der Waals surface area (Å²) in [6.07, 6.45) is 3.58. The van der Waals surface area contributed by atoms with Crippen LogP contribution in [0, 0.1) is 17.3 Å². The predicted molar refractivity (Wildman–Crippen MR) is 161 cm³/mol. The topological polar surface area (TPSA) is 149 Å². The third-order valence-electron chi connectivity index (χ3n) is 9.15. The second-order valence-corrected chi connectivity index (χ2v) is 13.6. The van der Waals surface area contributed by atoms with Gasteiger partial charge in [0.1, 0.15) is 30.0 Å². The van der Waals surface area contributed by atoms with Crippen LogP contribution in [0.25, 0.3) is 10.9 Å². The zero-order valence-electron chi connectivity index (χ0n) is 26.2. The van der Waals surface area contributed by atoms with E-state index in [0.29, 0.717) is 24.3 Å². The number of nitrogens with one attached hydrogen (secondary N) is 1. The molecule has 2 N–H and O–H groups in total. The van der Waals surface area contributed by atoms with Crippen LogP contribution in [0.2, 0.25) is 0 Å². The van der Waals surface area contributed by atoms with E-state index in [-0.39, 0.29) is 47.8 Å². The molecular weight excluding hydrogens is 568 g/mol. The number of carbonyl (C=O) groups excluding carboxylic acids is 3. The lowest BCUT2D eigenvalue weighted by molar-refractivity contribution is -0.152. The summed E-state index contributed by atoms with van der Waals surface area (Å²) in [5.74, 6) is -0.477. The number of amides is 2. The average molecular weight is 613 g/mol. The fourth-order valence-electron chi connectivity index (χ4n) is 6.87. The Bertz CT molecular complexity index is 1470. The van der Waals surface area contributed by atoms with Gasteiger partial charge in [0, 0.05) is 19.0 Å². The van der Waals surface area contributed by atoms with Gasteiger partial charge in [0.15, 0.2) is 0 Å². The first-order valence-electron chi connectivity index (χ1n) is 15.6. The number of esters is 1. The summed E-state index contributed by atoms with van der Waals surface area (Å²) in [5, 5.41) is 13.2. The van der Waals surface area contributed by atoms with Crippen LogP contribution in [0.1, 0.15) is 72.6 Å². The first-order chi connectivity index (χ1) is 20.8. The molecule has 2 aromatic rings. The molecule has 6 atom stereocenters. The van der Waals surface area contributed by atoms with Gasteiger partial charge in [-0.1, -0.05) is 40.5 Å². The second-order valence-electron chi connectivity index (χ2n) is 13.6. The van der Waals surface area contributed by atoms with Crippen molar-refractivity contribution in [2.75, 3.05) is 13.7 Å². The van der Waals surface area contributed by atoms with Gasteiger partial charge in [-0.15, -0.1) is 0 Å². The van der Waals surface area contributed by atoms with Gasteiger partial charge in [0.25, 0.3) is 11.6 Å². The van der Waals surface area contributed by atoms with E-state index in [1.165, 1.54) is 28.7 Å². The summed E-state index contributed by atoms with van der Waals surface area (Å²) in [7, 11) is 1.26. The van der Waals surface area contributed by atoms with Gasteiger partial charge < -0.3 is 29.5 Å². The first-order valence-corrected chi connectivity index (χ1v) is 15.6. The number of rotatable bonds is 1. The minimum atomic E-state index is -0.989. The Morgan fingerprint density at radius 2 is 1.86 bits per heavy atom. The number of methoxy groups -OCH3 is 1. The SMILES string of the molecule is COC(=O)[C@@H]1C[C@@H]2CN1C(=O)[C@H](C(C)(C)C)NC(=O)O[C@@H]1C[C@H](C)C[C@H]1CCCCCn1c(nc3cc(O)ccc3c1=O)O2. The molecule has 0 radical (unpaired) electrons. The van der Waals surface area contributed by atoms with Gasteiger partial charge >= 0.3 is 12.1 Å². The molecule has 12 heteroatoms. The van der Waals surface area contributed by atoms with Crippen molar-refractivity contribution in [3.05, 3.63) is 28.6 Å². The van der Waals surface area contributed by atoms with Crippen molar-refractivity contribution >= 4 is 28.9 Å². The van der Waals surface area contributed by atoms with E-state index in [1.807, 2.05) is 20.8 Å². The molecule has 3 heterocycles. The van der Waals surface area contributed by atoms with E-state index in [1.54, 1.807) is 6.07 Å². The average Bonchev–Trinajstić information content (AvgIpc) is 3.53. The number of hydrogen-bond acceptors (Lipinski definition) is 9. The third-order valence-corrected chi connectivity index (χ3v) is 9.15. The Morgan fingerprint density at radius 3 is 2.59 bits per heavy atom. The standard InChI is InChI=1S/C32H44N4O8/c1-18-13-19-9-7-6-8-12-35-27(38)22-11-10-20(37)15-23(22)33-30(35)43-21-16-24(29(40)42-5)36(17-21)28(39)26(32(2,3)4)34-31(41)44-25(19)14-18/h10-11,15,18-19,21,24-26,37H,6-9,12-14,16-17H2,1-5H3,(H,34,41)/t18-,19-,21-,24+,25-,26-/m1/s1. The minimum absolute atomic E-state index is 0.0120. The number of fused-ring (bicyclic) bond motifs is 5.